The maximum absolute atomic E-state index is 9.49. The molecule has 3 nitrogen and oxygen atoms in total. The van der Waals surface area contributed by atoms with E-state index in [1.54, 1.807) is 0 Å². The molecule has 1 aliphatic heterocycles. The van der Waals surface area contributed by atoms with Crippen LogP contribution in [0.15, 0.2) is 0 Å². The molecule has 0 bridgehead atoms. The first kappa shape index (κ1) is 11.0. The minimum Gasteiger partial charge on any atom is -0.392 e. The third-order valence-electron chi connectivity index (χ3n) is 2.90. The van der Waals surface area contributed by atoms with Gasteiger partial charge in [-0.1, -0.05) is 6.92 Å². The Labute approximate surface area is 80.4 Å². The van der Waals surface area contributed by atoms with Gasteiger partial charge in [0.05, 0.1) is 12.2 Å². The van der Waals surface area contributed by atoms with Gasteiger partial charge in [0.2, 0.25) is 0 Å². The summed E-state index contributed by atoms with van der Waals surface area (Å²) in [4.78, 5) is 2.18. The molecule has 0 aliphatic carbocycles. The quantitative estimate of drug-likeness (QED) is 0.680. The van der Waals surface area contributed by atoms with Crippen LogP contribution in [-0.4, -0.2) is 46.5 Å². The monoisotopic (exact) mass is 187 g/mol. The molecule has 0 saturated carbocycles. The fourth-order valence-corrected chi connectivity index (χ4v) is 1.81. The lowest BCUT2D eigenvalue weighted by Gasteiger charge is -2.36. The minimum absolute atomic E-state index is 0.194. The van der Waals surface area contributed by atoms with Crippen LogP contribution in [0.5, 0.6) is 0 Å². The van der Waals surface area contributed by atoms with Crippen molar-refractivity contribution in [3.63, 3.8) is 0 Å². The zero-order valence-corrected chi connectivity index (χ0v) is 8.61. The molecule has 0 radical (unpaired) electrons. The highest BCUT2D eigenvalue weighted by molar-refractivity contribution is 4.79. The molecular formula is C10H21NO2. The van der Waals surface area contributed by atoms with Gasteiger partial charge in [-0.25, -0.2) is 0 Å². The van der Waals surface area contributed by atoms with Crippen molar-refractivity contribution in [1.82, 2.24) is 4.90 Å². The molecular weight excluding hydrogens is 166 g/mol. The van der Waals surface area contributed by atoms with E-state index in [9.17, 15) is 10.2 Å². The predicted octanol–water partition coefficient (Wildman–Crippen LogP) is 0.602. The zero-order chi connectivity index (χ0) is 9.84. The van der Waals surface area contributed by atoms with Gasteiger partial charge in [0, 0.05) is 19.1 Å². The van der Waals surface area contributed by atoms with Crippen molar-refractivity contribution in [2.45, 2.75) is 51.4 Å². The molecule has 1 heterocycles. The topological polar surface area (TPSA) is 43.7 Å². The van der Waals surface area contributed by atoms with Gasteiger partial charge in [-0.15, -0.1) is 0 Å². The number of hydrogen-bond acceptors (Lipinski definition) is 3. The van der Waals surface area contributed by atoms with Crippen molar-refractivity contribution in [2.75, 3.05) is 13.1 Å². The van der Waals surface area contributed by atoms with Gasteiger partial charge in [-0.2, -0.15) is 0 Å². The molecule has 3 heteroatoms. The number of aliphatic hydroxyl groups is 2. The maximum atomic E-state index is 9.49. The molecule has 0 aromatic heterocycles. The van der Waals surface area contributed by atoms with Gasteiger partial charge in [-0.3, -0.25) is 4.90 Å². The lowest BCUT2D eigenvalue weighted by molar-refractivity contribution is 0.0119. The maximum Gasteiger partial charge on any atom is 0.0667 e. The third kappa shape index (κ3) is 3.25. The predicted molar refractivity (Wildman–Crippen MR) is 52.6 cm³/mol. The van der Waals surface area contributed by atoms with Crippen molar-refractivity contribution in [1.29, 1.82) is 0 Å². The second-order valence-corrected chi connectivity index (χ2v) is 4.10. The summed E-state index contributed by atoms with van der Waals surface area (Å²) in [5.74, 6) is 0. The van der Waals surface area contributed by atoms with E-state index < -0.39 is 0 Å². The van der Waals surface area contributed by atoms with Crippen LogP contribution in [0.4, 0.5) is 0 Å². The summed E-state index contributed by atoms with van der Waals surface area (Å²) < 4.78 is 0. The summed E-state index contributed by atoms with van der Waals surface area (Å²) in [5, 5.41) is 19.0. The van der Waals surface area contributed by atoms with Gasteiger partial charge >= 0.3 is 0 Å². The normalized spacial score (nSPS) is 33.2. The summed E-state index contributed by atoms with van der Waals surface area (Å²) in [6.45, 7) is 5.57. The molecule has 0 spiro atoms. The van der Waals surface area contributed by atoms with Crippen LogP contribution in [0.2, 0.25) is 0 Å². The van der Waals surface area contributed by atoms with E-state index in [2.05, 4.69) is 11.8 Å². The molecule has 1 fully saturated rings. The van der Waals surface area contributed by atoms with E-state index >= 15 is 0 Å². The lowest BCUT2D eigenvalue weighted by Crippen LogP contribution is -2.47. The van der Waals surface area contributed by atoms with Crippen LogP contribution in [0.25, 0.3) is 0 Å². The Bertz CT molecular complexity index is 152. The van der Waals surface area contributed by atoms with Crippen LogP contribution >= 0.6 is 0 Å². The molecule has 2 N–H and O–H groups in total. The summed E-state index contributed by atoms with van der Waals surface area (Å²) in [6, 6.07) is 0.504. The smallest absolute Gasteiger partial charge is 0.0667 e. The fourth-order valence-electron chi connectivity index (χ4n) is 1.81. The lowest BCUT2D eigenvalue weighted by atomic mass is 10.0. The average molecular weight is 187 g/mol. The molecule has 1 rings (SSSR count). The Kier molecular flexibility index (Phi) is 4.16. The SMILES string of the molecule is CC[C@@H](O)CN1CC(O)CCC1C. The van der Waals surface area contributed by atoms with E-state index in [1.807, 2.05) is 6.92 Å². The number of piperidine rings is 1. The molecule has 2 unspecified atom stereocenters. The van der Waals surface area contributed by atoms with Crippen molar-refractivity contribution in [2.24, 2.45) is 0 Å². The molecule has 78 valence electrons. The number of nitrogens with zero attached hydrogens (tertiary/aromatic N) is 1. The number of likely N-dealkylation sites (tertiary alicyclic amines) is 1. The molecule has 1 aliphatic rings. The highest BCUT2D eigenvalue weighted by Gasteiger charge is 2.24. The second-order valence-electron chi connectivity index (χ2n) is 4.10. The average Bonchev–Trinajstić information content (AvgIpc) is 2.11. The Morgan fingerprint density at radius 3 is 2.77 bits per heavy atom. The Hall–Kier alpha value is -0.120. The van der Waals surface area contributed by atoms with Crippen molar-refractivity contribution in [3.05, 3.63) is 0 Å². The third-order valence-corrected chi connectivity index (χ3v) is 2.90. The molecule has 3 atom stereocenters. The van der Waals surface area contributed by atoms with Crippen molar-refractivity contribution < 1.29 is 10.2 Å². The van der Waals surface area contributed by atoms with Crippen LogP contribution in [-0.2, 0) is 0 Å². The van der Waals surface area contributed by atoms with Crippen LogP contribution < -0.4 is 0 Å². The Balaban J connectivity index is 2.37. The summed E-state index contributed by atoms with van der Waals surface area (Å²) in [6.07, 6.45) is 2.30. The highest BCUT2D eigenvalue weighted by Crippen LogP contribution is 2.17. The second kappa shape index (κ2) is 4.94. The van der Waals surface area contributed by atoms with Crippen LogP contribution in [0.3, 0.4) is 0 Å². The number of hydrogen-bond donors (Lipinski definition) is 2. The van der Waals surface area contributed by atoms with Gasteiger partial charge < -0.3 is 10.2 Å². The van der Waals surface area contributed by atoms with E-state index in [4.69, 9.17) is 0 Å². The van der Waals surface area contributed by atoms with Gasteiger partial charge in [0.25, 0.3) is 0 Å². The largest absolute Gasteiger partial charge is 0.392 e. The van der Waals surface area contributed by atoms with Gasteiger partial charge in [-0.05, 0) is 26.2 Å². The van der Waals surface area contributed by atoms with Crippen molar-refractivity contribution in [3.8, 4) is 0 Å². The summed E-state index contributed by atoms with van der Waals surface area (Å²) >= 11 is 0. The van der Waals surface area contributed by atoms with Crippen molar-refractivity contribution >= 4 is 0 Å². The van der Waals surface area contributed by atoms with E-state index in [1.165, 1.54) is 0 Å². The summed E-state index contributed by atoms with van der Waals surface area (Å²) in [7, 11) is 0. The highest BCUT2D eigenvalue weighted by atomic mass is 16.3. The molecule has 1 saturated heterocycles. The van der Waals surface area contributed by atoms with Gasteiger partial charge in [0.15, 0.2) is 0 Å². The molecule has 13 heavy (non-hydrogen) atoms. The van der Waals surface area contributed by atoms with E-state index in [0.717, 1.165) is 25.8 Å². The first-order chi connectivity index (χ1) is 6.13. The van der Waals surface area contributed by atoms with Gasteiger partial charge in [0.1, 0.15) is 0 Å². The molecule has 0 amide bonds. The first-order valence-electron chi connectivity index (χ1n) is 5.23. The Morgan fingerprint density at radius 2 is 2.15 bits per heavy atom. The van der Waals surface area contributed by atoms with Crippen LogP contribution in [0.1, 0.15) is 33.1 Å². The number of β-amino-alcohol motifs (C(OH)–C–C–N with tert-alkyl or cyclic N) is 2. The number of aliphatic hydroxyl groups excluding tert-OH is 2. The fraction of sp³-hybridized carbons (Fsp3) is 1.00. The van der Waals surface area contributed by atoms with Crippen LogP contribution in [0, 0.1) is 0 Å². The minimum atomic E-state index is -0.243. The van der Waals surface area contributed by atoms with E-state index in [-0.39, 0.29) is 12.2 Å². The Morgan fingerprint density at radius 1 is 1.46 bits per heavy atom. The van der Waals surface area contributed by atoms with E-state index in [0.29, 0.717) is 12.6 Å². The standard InChI is InChI=1S/C10H21NO2/c1-3-9(12)6-11-7-10(13)5-4-8(11)2/h8-10,12-13H,3-7H2,1-2H3/t8?,9-,10?/m1/s1. The number of rotatable bonds is 3. The zero-order valence-electron chi connectivity index (χ0n) is 8.61. The molecule has 0 aromatic carbocycles. The summed E-state index contributed by atoms with van der Waals surface area (Å²) in [5.41, 5.74) is 0. The molecule has 0 aromatic rings. The first-order valence-corrected chi connectivity index (χ1v) is 5.23.